The first-order valence-electron chi connectivity index (χ1n) is 7.22. The quantitative estimate of drug-likeness (QED) is 0.758. The zero-order chi connectivity index (χ0) is 15.8. The lowest BCUT2D eigenvalue weighted by atomic mass is 10.1. The molecule has 0 aliphatic rings. The van der Waals surface area contributed by atoms with E-state index in [0.29, 0.717) is 19.7 Å². The molecule has 0 heterocycles. The summed E-state index contributed by atoms with van der Waals surface area (Å²) in [6.07, 6.45) is 0.0972. The first kappa shape index (κ1) is 17.5. The second kappa shape index (κ2) is 8.64. The van der Waals surface area contributed by atoms with Crippen LogP contribution in [-0.4, -0.2) is 48.9 Å². The maximum absolute atomic E-state index is 11.6. The normalized spacial score (nSPS) is 12.7. The number of carbonyl (C=O) groups is 1. The molecule has 0 aromatic heterocycles. The molecule has 0 saturated heterocycles. The van der Waals surface area contributed by atoms with Gasteiger partial charge in [-0.05, 0) is 38.1 Å². The van der Waals surface area contributed by atoms with Gasteiger partial charge in [0.25, 0.3) is 0 Å². The number of hydrogen-bond acceptors (Lipinski definition) is 4. The van der Waals surface area contributed by atoms with Crippen molar-refractivity contribution in [2.24, 2.45) is 0 Å². The summed E-state index contributed by atoms with van der Waals surface area (Å²) in [5.41, 5.74) is 0.747. The van der Waals surface area contributed by atoms with Crippen molar-refractivity contribution in [1.82, 2.24) is 4.90 Å². The molecule has 0 bridgehead atoms. The van der Waals surface area contributed by atoms with Gasteiger partial charge in [-0.2, -0.15) is 0 Å². The second-order valence-electron chi connectivity index (χ2n) is 5.10. The lowest BCUT2D eigenvalue weighted by Crippen LogP contribution is -2.36. The highest BCUT2D eigenvalue weighted by molar-refractivity contribution is 5.75. The van der Waals surface area contributed by atoms with Crippen LogP contribution in [0.1, 0.15) is 32.4 Å². The maximum Gasteiger partial charge on any atom is 0.325 e. The fourth-order valence-electron chi connectivity index (χ4n) is 2.19. The highest BCUT2D eigenvalue weighted by Crippen LogP contribution is 2.24. The van der Waals surface area contributed by atoms with Crippen molar-refractivity contribution in [2.45, 2.75) is 32.9 Å². The van der Waals surface area contributed by atoms with Gasteiger partial charge in [0, 0.05) is 13.7 Å². The summed E-state index contributed by atoms with van der Waals surface area (Å²) < 4.78 is 10.6. The third-order valence-electron chi connectivity index (χ3n) is 3.16. The molecule has 1 N–H and O–H groups in total. The molecule has 0 unspecified atom stereocenters. The Morgan fingerprint density at radius 1 is 1.29 bits per heavy atom. The number of rotatable bonds is 9. The van der Waals surface area contributed by atoms with E-state index >= 15 is 0 Å². The topological polar surface area (TPSA) is 59.0 Å². The van der Waals surface area contributed by atoms with Crippen molar-refractivity contribution in [3.63, 3.8) is 0 Å². The Kier molecular flexibility index (Phi) is 7.19. The van der Waals surface area contributed by atoms with Crippen LogP contribution in [0.3, 0.4) is 0 Å². The van der Waals surface area contributed by atoms with E-state index in [4.69, 9.17) is 9.47 Å². The van der Waals surface area contributed by atoms with E-state index in [1.807, 2.05) is 49.9 Å². The number of nitrogens with zero attached hydrogens (tertiary/aromatic N) is 1. The Morgan fingerprint density at radius 2 is 1.90 bits per heavy atom. The minimum Gasteiger partial charge on any atom is -0.491 e. The van der Waals surface area contributed by atoms with Crippen LogP contribution in [-0.2, 0) is 9.53 Å². The first-order valence-corrected chi connectivity index (χ1v) is 7.22. The molecule has 0 saturated carbocycles. The minimum atomic E-state index is -0.856. The van der Waals surface area contributed by atoms with Gasteiger partial charge in [0.1, 0.15) is 11.8 Å². The monoisotopic (exact) mass is 295 g/mol. The zero-order valence-electron chi connectivity index (χ0n) is 13.2. The predicted octanol–water partition coefficient (Wildman–Crippen LogP) is 2.57. The van der Waals surface area contributed by atoms with Crippen LogP contribution in [0.2, 0.25) is 0 Å². The van der Waals surface area contributed by atoms with E-state index in [-0.39, 0.29) is 6.10 Å². The summed E-state index contributed by atoms with van der Waals surface area (Å²) in [4.78, 5) is 13.5. The average Bonchev–Trinajstić information content (AvgIpc) is 2.43. The van der Waals surface area contributed by atoms with E-state index in [9.17, 15) is 9.90 Å². The number of likely N-dealkylation sites (N-methyl/N-ethyl adjacent to an activating group) is 1. The van der Waals surface area contributed by atoms with Crippen LogP contribution < -0.4 is 4.74 Å². The largest absolute Gasteiger partial charge is 0.491 e. The summed E-state index contributed by atoms with van der Waals surface area (Å²) in [5.74, 6) is -0.108. The average molecular weight is 295 g/mol. The summed E-state index contributed by atoms with van der Waals surface area (Å²) >= 11 is 0. The van der Waals surface area contributed by atoms with E-state index in [2.05, 4.69) is 0 Å². The third kappa shape index (κ3) is 5.36. The van der Waals surface area contributed by atoms with Crippen LogP contribution in [0, 0.1) is 0 Å². The molecule has 5 heteroatoms. The van der Waals surface area contributed by atoms with Crippen molar-refractivity contribution in [2.75, 3.05) is 26.8 Å². The van der Waals surface area contributed by atoms with E-state index in [1.165, 1.54) is 0 Å². The molecule has 0 radical (unpaired) electrons. The SMILES string of the molecule is CCN(CCOC)[C@H](C(=O)O)c1ccc(OC(C)C)cc1. The van der Waals surface area contributed by atoms with E-state index < -0.39 is 12.0 Å². The molecule has 0 aliphatic carbocycles. The lowest BCUT2D eigenvalue weighted by molar-refractivity contribution is -0.143. The fraction of sp³-hybridized carbons (Fsp3) is 0.562. The van der Waals surface area contributed by atoms with Gasteiger partial charge in [-0.15, -0.1) is 0 Å². The third-order valence-corrected chi connectivity index (χ3v) is 3.16. The number of hydrogen-bond donors (Lipinski definition) is 1. The van der Waals surface area contributed by atoms with Crippen molar-refractivity contribution in [1.29, 1.82) is 0 Å². The zero-order valence-corrected chi connectivity index (χ0v) is 13.2. The standard InChI is InChI=1S/C16H25NO4/c1-5-17(10-11-20-4)15(16(18)19)13-6-8-14(9-7-13)21-12(2)3/h6-9,12,15H,5,10-11H2,1-4H3,(H,18,19)/t15-/m0/s1. The van der Waals surface area contributed by atoms with Gasteiger partial charge in [-0.25, -0.2) is 0 Å². The Labute approximate surface area is 126 Å². The van der Waals surface area contributed by atoms with Gasteiger partial charge in [0.15, 0.2) is 0 Å². The molecule has 1 atom stereocenters. The molecule has 0 spiro atoms. The van der Waals surface area contributed by atoms with Gasteiger partial charge < -0.3 is 14.6 Å². The van der Waals surface area contributed by atoms with Crippen LogP contribution in [0.15, 0.2) is 24.3 Å². The molecule has 118 valence electrons. The van der Waals surface area contributed by atoms with Crippen molar-refractivity contribution < 1.29 is 19.4 Å². The lowest BCUT2D eigenvalue weighted by Gasteiger charge is -2.27. The Balaban J connectivity index is 2.91. The fourth-order valence-corrected chi connectivity index (χ4v) is 2.19. The molecule has 0 fully saturated rings. The highest BCUT2D eigenvalue weighted by Gasteiger charge is 2.26. The maximum atomic E-state index is 11.6. The summed E-state index contributed by atoms with van der Waals surface area (Å²) in [6, 6.07) is 6.58. The van der Waals surface area contributed by atoms with Crippen LogP contribution in [0.25, 0.3) is 0 Å². The van der Waals surface area contributed by atoms with E-state index in [0.717, 1.165) is 11.3 Å². The van der Waals surface area contributed by atoms with Crippen molar-refractivity contribution >= 4 is 5.97 Å². The number of ether oxygens (including phenoxy) is 2. The molecule has 0 amide bonds. The first-order chi connectivity index (χ1) is 9.99. The summed E-state index contributed by atoms with van der Waals surface area (Å²) in [6.45, 7) is 7.59. The summed E-state index contributed by atoms with van der Waals surface area (Å²) in [5, 5.41) is 9.53. The van der Waals surface area contributed by atoms with Gasteiger partial charge in [0.2, 0.25) is 0 Å². The van der Waals surface area contributed by atoms with Crippen LogP contribution >= 0.6 is 0 Å². The number of carboxylic acids is 1. The van der Waals surface area contributed by atoms with Crippen LogP contribution in [0.4, 0.5) is 0 Å². The van der Waals surface area contributed by atoms with Gasteiger partial charge >= 0.3 is 5.97 Å². The van der Waals surface area contributed by atoms with E-state index in [1.54, 1.807) is 7.11 Å². The van der Waals surface area contributed by atoms with Crippen LogP contribution in [0.5, 0.6) is 5.75 Å². The molecule has 21 heavy (non-hydrogen) atoms. The number of methoxy groups -OCH3 is 1. The Morgan fingerprint density at radius 3 is 2.33 bits per heavy atom. The smallest absolute Gasteiger partial charge is 0.325 e. The van der Waals surface area contributed by atoms with Crippen molar-refractivity contribution in [3.8, 4) is 5.75 Å². The second-order valence-corrected chi connectivity index (χ2v) is 5.10. The number of aliphatic carboxylic acids is 1. The molecule has 1 aromatic carbocycles. The molecule has 0 aliphatic heterocycles. The molecule has 1 rings (SSSR count). The van der Waals surface area contributed by atoms with Gasteiger partial charge in [0.05, 0.1) is 12.7 Å². The highest BCUT2D eigenvalue weighted by atomic mass is 16.5. The van der Waals surface area contributed by atoms with Crippen molar-refractivity contribution in [3.05, 3.63) is 29.8 Å². The number of benzene rings is 1. The Hall–Kier alpha value is -1.59. The summed E-state index contributed by atoms with van der Waals surface area (Å²) in [7, 11) is 1.61. The minimum absolute atomic E-state index is 0.0972. The van der Waals surface area contributed by atoms with Gasteiger partial charge in [-0.1, -0.05) is 19.1 Å². The van der Waals surface area contributed by atoms with Gasteiger partial charge in [-0.3, -0.25) is 9.69 Å². The molecule has 5 nitrogen and oxygen atoms in total. The molecular weight excluding hydrogens is 270 g/mol. The number of carboxylic acid groups (broad SMARTS) is 1. The molecular formula is C16H25NO4. The predicted molar refractivity (Wildman–Crippen MR) is 81.7 cm³/mol. The molecule has 1 aromatic rings. The Bertz CT molecular complexity index is 430.